The molecule has 0 unspecified atom stereocenters. The third kappa shape index (κ3) is 5.89. The second kappa shape index (κ2) is 12.8. The fourth-order valence-corrected chi connectivity index (χ4v) is 6.10. The summed E-state index contributed by atoms with van der Waals surface area (Å²) in [7, 11) is 3.50. The monoisotopic (exact) mass is 638 g/mol. The minimum atomic E-state index is -0.492. The minimum absolute atomic E-state index is 0.132. The molecule has 0 saturated carbocycles. The Morgan fingerprint density at radius 2 is 1.85 bits per heavy atom. The van der Waals surface area contributed by atoms with Crippen molar-refractivity contribution in [3.63, 3.8) is 0 Å². The van der Waals surface area contributed by atoms with E-state index < -0.39 is 6.09 Å². The van der Waals surface area contributed by atoms with Crippen molar-refractivity contribution in [2.45, 2.75) is 19.8 Å². The van der Waals surface area contributed by atoms with Crippen molar-refractivity contribution in [2.24, 2.45) is 0 Å². The number of rotatable bonds is 8. The van der Waals surface area contributed by atoms with Crippen molar-refractivity contribution in [1.82, 2.24) is 19.6 Å². The molecule has 10 nitrogen and oxygen atoms in total. The molecule has 0 fully saturated rings. The van der Waals surface area contributed by atoms with E-state index in [-0.39, 0.29) is 23.4 Å². The molecular weight excluding hydrogens is 604 g/mol. The number of aryl methyl sites for hydroxylation is 2. The molecule has 236 valence electrons. The molecule has 5 aromatic rings. The number of anilines is 2. The second-order valence-corrected chi connectivity index (χ2v) is 11.9. The van der Waals surface area contributed by atoms with Gasteiger partial charge in [-0.2, -0.15) is 0 Å². The van der Waals surface area contributed by atoms with Gasteiger partial charge in [-0.1, -0.05) is 35.9 Å². The lowest BCUT2D eigenvalue weighted by molar-refractivity contribution is 0.0982. The van der Waals surface area contributed by atoms with Crippen LogP contribution < -0.4 is 20.3 Å². The number of fused-ring (bicyclic) bond motifs is 4. The number of amides is 3. The van der Waals surface area contributed by atoms with Crippen LogP contribution in [0.3, 0.4) is 0 Å². The summed E-state index contributed by atoms with van der Waals surface area (Å²) >= 11 is 6.50. The summed E-state index contributed by atoms with van der Waals surface area (Å²) in [5, 5.41) is 7.64. The number of imidazole rings is 1. The second-order valence-electron chi connectivity index (χ2n) is 11.6. The van der Waals surface area contributed by atoms with Crippen LogP contribution in [-0.4, -0.2) is 71.8 Å². The summed E-state index contributed by atoms with van der Waals surface area (Å²) in [5.41, 5.74) is 5.55. The van der Waals surface area contributed by atoms with Gasteiger partial charge >= 0.3 is 6.09 Å². The Labute approximate surface area is 271 Å². The van der Waals surface area contributed by atoms with Gasteiger partial charge in [0.05, 0.1) is 11.4 Å². The van der Waals surface area contributed by atoms with Crippen LogP contribution in [0.4, 0.5) is 16.2 Å². The predicted octanol–water partition coefficient (Wildman–Crippen LogP) is 5.99. The smallest absolute Gasteiger partial charge is 0.409 e. The number of nitrogens with zero attached hydrogens (tertiary/aromatic N) is 4. The van der Waals surface area contributed by atoms with Crippen LogP contribution in [0.25, 0.3) is 16.4 Å². The van der Waals surface area contributed by atoms with E-state index in [0.717, 1.165) is 27.5 Å². The largest absolute Gasteiger partial charge is 0.415 e. The molecule has 1 aliphatic heterocycles. The molecule has 1 aliphatic rings. The van der Waals surface area contributed by atoms with Crippen molar-refractivity contribution in [3.8, 4) is 5.75 Å². The van der Waals surface area contributed by atoms with Gasteiger partial charge in [-0.25, -0.2) is 9.78 Å². The van der Waals surface area contributed by atoms with Crippen molar-refractivity contribution in [2.75, 3.05) is 49.8 Å². The van der Waals surface area contributed by atoms with Gasteiger partial charge in [0.2, 0.25) is 0 Å². The summed E-state index contributed by atoms with van der Waals surface area (Å²) in [4.78, 5) is 47.7. The van der Waals surface area contributed by atoms with Gasteiger partial charge in [0.25, 0.3) is 11.8 Å². The highest BCUT2D eigenvalue weighted by Gasteiger charge is 2.36. The van der Waals surface area contributed by atoms with E-state index in [1.807, 2.05) is 51.2 Å². The molecule has 3 amide bonds. The van der Waals surface area contributed by atoms with Gasteiger partial charge in [0.1, 0.15) is 17.1 Å². The molecule has 11 heteroatoms. The molecule has 0 bridgehead atoms. The highest BCUT2D eigenvalue weighted by molar-refractivity contribution is 6.19. The van der Waals surface area contributed by atoms with Crippen LogP contribution in [0, 0.1) is 13.8 Å². The standard InChI is InChI=1S/C35H35ClN6O4/c1-21-8-10-23(11-9-21)33(43)38-25-12-13-30-39-27(20-41(30)19-25)34(44)42-18-24(17-36)32-28(42)16-29(26-7-5-6-22(2)31(26)32)46-35(45)40(4)15-14-37-3/h5-13,16,19-20,24,37H,14-15,17-18H2,1-4H3,(H,38,43)/t24-/m1/s1. The molecule has 0 radical (unpaired) electrons. The highest BCUT2D eigenvalue weighted by atomic mass is 35.5. The Bertz CT molecular complexity index is 1970. The Morgan fingerprint density at radius 3 is 2.59 bits per heavy atom. The summed E-state index contributed by atoms with van der Waals surface area (Å²) in [6.45, 7) is 5.41. The van der Waals surface area contributed by atoms with E-state index in [0.29, 0.717) is 53.8 Å². The molecule has 0 spiro atoms. The maximum Gasteiger partial charge on any atom is 0.415 e. The topological polar surface area (TPSA) is 108 Å². The molecule has 3 aromatic carbocycles. The molecular formula is C35H35ClN6O4. The number of carbonyl (C=O) groups excluding carboxylic acids is 3. The van der Waals surface area contributed by atoms with Crippen LogP contribution in [-0.2, 0) is 0 Å². The normalized spacial score (nSPS) is 14.0. The number of pyridine rings is 1. The number of aromatic nitrogens is 2. The fourth-order valence-electron chi connectivity index (χ4n) is 5.85. The van der Waals surface area contributed by atoms with Crippen molar-refractivity contribution in [3.05, 3.63) is 101 Å². The van der Waals surface area contributed by atoms with Crippen molar-refractivity contribution < 1.29 is 19.1 Å². The molecule has 2 N–H and O–H groups in total. The Balaban J connectivity index is 1.33. The summed E-state index contributed by atoms with van der Waals surface area (Å²) in [6, 6.07) is 18.4. The zero-order valence-corrected chi connectivity index (χ0v) is 26.9. The first-order valence-corrected chi connectivity index (χ1v) is 15.6. The van der Waals surface area contributed by atoms with E-state index in [1.54, 1.807) is 59.1 Å². The van der Waals surface area contributed by atoms with Crippen LogP contribution in [0.15, 0.2) is 73.1 Å². The van der Waals surface area contributed by atoms with Crippen LogP contribution >= 0.6 is 11.6 Å². The lowest BCUT2D eigenvalue weighted by atomic mass is 9.92. The number of hydrogen-bond acceptors (Lipinski definition) is 6. The first kappa shape index (κ1) is 31.1. The average molecular weight is 639 g/mol. The molecule has 2 aromatic heterocycles. The zero-order valence-electron chi connectivity index (χ0n) is 26.1. The summed E-state index contributed by atoms with van der Waals surface area (Å²) in [5.74, 6) is 0.00741. The van der Waals surface area contributed by atoms with E-state index in [4.69, 9.17) is 16.3 Å². The number of benzene rings is 3. The number of likely N-dealkylation sites (N-methyl/N-ethyl adjacent to an activating group) is 2. The first-order valence-electron chi connectivity index (χ1n) is 15.1. The van der Waals surface area contributed by atoms with Crippen LogP contribution in [0.1, 0.15) is 43.5 Å². The quantitative estimate of drug-likeness (QED) is 0.202. The third-order valence-electron chi connectivity index (χ3n) is 8.33. The minimum Gasteiger partial charge on any atom is -0.409 e. The van der Waals surface area contributed by atoms with Gasteiger partial charge < -0.3 is 29.6 Å². The van der Waals surface area contributed by atoms with Gasteiger partial charge in [0, 0.05) is 67.9 Å². The average Bonchev–Trinajstić information content (AvgIpc) is 3.65. The van der Waals surface area contributed by atoms with E-state index >= 15 is 0 Å². The fraction of sp³-hybridized carbons (Fsp3) is 0.257. The molecule has 46 heavy (non-hydrogen) atoms. The third-order valence-corrected chi connectivity index (χ3v) is 8.71. The Kier molecular flexibility index (Phi) is 8.66. The predicted molar refractivity (Wildman–Crippen MR) is 181 cm³/mol. The van der Waals surface area contributed by atoms with Crippen molar-refractivity contribution >= 4 is 57.3 Å². The number of ether oxygens (including phenoxy) is 1. The van der Waals surface area contributed by atoms with Gasteiger partial charge in [-0.15, -0.1) is 11.6 Å². The number of halogens is 1. The van der Waals surface area contributed by atoms with Gasteiger partial charge in [0.15, 0.2) is 0 Å². The molecule has 0 aliphatic carbocycles. The lowest BCUT2D eigenvalue weighted by Crippen LogP contribution is -2.35. The van der Waals surface area contributed by atoms with Crippen LogP contribution in [0.2, 0.25) is 0 Å². The van der Waals surface area contributed by atoms with E-state index in [2.05, 4.69) is 15.6 Å². The SMILES string of the molecule is CNCCN(C)C(=O)Oc1cc2c(c3c(C)cccc13)[C@H](CCl)CN2C(=O)c1cn2cc(NC(=O)c3ccc(C)cc3)ccc2n1. The number of carbonyl (C=O) groups is 3. The van der Waals surface area contributed by atoms with Gasteiger partial charge in [-0.05, 0) is 61.7 Å². The lowest BCUT2D eigenvalue weighted by Gasteiger charge is -2.21. The van der Waals surface area contributed by atoms with Crippen LogP contribution in [0.5, 0.6) is 5.75 Å². The van der Waals surface area contributed by atoms with E-state index in [1.165, 1.54) is 4.90 Å². The zero-order chi connectivity index (χ0) is 32.5. The van der Waals surface area contributed by atoms with Gasteiger partial charge in [-0.3, -0.25) is 9.59 Å². The maximum absolute atomic E-state index is 14.1. The Hall–Kier alpha value is -4.93. The first-order chi connectivity index (χ1) is 22.2. The number of alkyl halides is 1. The molecule has 6 rings (SSSR count). The Morgan fingerprint density at radius 1 is 1.07 bits per heavy atom. The molecule has 3 heterocycles. The summed E-state index contributed by atoms with van der Waals surface area (Å²) < 4.78 is 7.65. The number of nitrogens with one attached hydrogen (secondary N) is 2. The molecule has 0 saturated heterocycles. The molecule has 1 atom stereocenters. The maximum atomic E-state index is 14.1. The highest BCUT2D eigenvalue weighted by Crippen LogP contribution is 2.47. The summed E-state index contributed by atoms with van der Waals surface area (Å²) in [6.07, 6.45) is 2.88. The number of hydrogen-bond donors (Lipinski definition) is 2. The van der Waals surface area contributed by atoms with E-state index in [9.17, 15) is 14.4 Å². The van der Waals surface area contributed by atoms with Crippen molar-refractivity contribution in [1.29, 1.82) is 0 Å².